The molecule has 1 aliphatic carbocycles. The molecule has 4 rings (SSSR count). The van der Waals surface area contributed by atoms with Gasteiger partial charge in [-0.2, -0.15) is 0 Å². The van der Waals surface area contributed by atoms with E-state index in [-0.39, 0.29) is 53.7 Å². The number of likely N-dealkylation sites (N-methyl/N-ethyl adjacent to an activating group) is 2. The van der Waals surface area contributed by atoms with Crippen molar-refractivity contribution < 1.29 is 23.9 Å². The van der Waals surface area contributed by atoms with Gasteiger partial charge in [0.2, 0.25) is 17.7 Å². The Morgan fingerprint density at radius 1 is 0.933 bits per heavy atom. The quantitative estimate of drug-likeness (QED) is 0.301. The van der Waals surface area contributed by atoms with Crippen molar-refractivity contribution >= 4 is 23.7 Å². The molecule has 0 bridgehead atoms. The molecular formula is C36H54N4O5. The lowest BCUT2D eigenvalue weighted by atomic mass is 9.89. The number of nitrogens with zero attached hydrogens (tertiary/aromatic N) is 3. The molecule has 0 radical (unpaired) electrons. The van der Waals surface area contributed by atoms with Crippen LogP contribution >= 0.6 is 0 Å². The summed E-state index contributed by atoms with van der Waals surface area (Å²) in [5.41, 5.74) is 2.78. The topological polar surface area (TPSA) is 99.3 Å². The van der Waals surface area contributed by atoms with Crippen molar-refractivity contribution in [1.82, 2.24) is 20.0 Å². The van der Waals surface area contributed by atoms with Crippen LogP contribution < -0.4 is 5.32 Å². The van der Waals surface area contributed by atoms with Crippen molar-refractivity contribution in [3.05, 3.63) is 47.0 Å². The first-order valence-electron chi connectivity index (χ1n) is 17.0. The van der Waals surface area contributed by atoms with Crippen LogP contribution in [0.15, 0.2) is 35.9 Å². The lowest BCUT2D eigenvalue weighted by Crippen LogP contribution is -2.57. The molecule has 9 nitrogen and oxygen atoms in total. The van der Waals surface area contributed by atoms with Crippen LogP contribution in [-0.2, 0) is 30.3 Å². The third-order valence-corrected chi connectivity index (χ3v) is 9.90. The van der Waals surface area contributed by atoms with Gasteiger partial charge in [-0.05, 0) is 88.4 Å². The van der Waals surface area contributed by atoms with E-state index in [0.29, 0.717) is 18.5 Å². The standard InChI is InChI=1S/C36H54N4O5/c1-23(2)30(39(7)35(43)32(24(3)4)37-33(41)28-17-10-11-20-38(28)6)22-25(5)34(42)40-21-13-18-29(40)36(44)45-31-19-12-15-26-14-8-9-16-27(26)31/h8-9,14,16,22-24,28-32H,10-13,15,17-21H2,1-7H3,(H,37,41)/b25-22+/t28-,29+,30-,31?,32+/m1/s1. The number of esters is 1. The summed E-state index contributed by atoms with van der Waals surface area (Å²) in [6.07, 6.45) is 8.46. The summed E-state index contributed by atoms with van der Waals surface area (Å²) in [6.45, 7) is 11.0. The summed E-state index contributed by atoms with van der Waals surface area (Å²) >= 11 is 0. The Labute approximate surface area is 269 Å². The van der Waals surface area contributed by atoms with E-state index >= 15 is 0 Å². The minimum absolute atomic E-state index is 0.0143. The van der Waals surface area contributed by atoms with Crippen LogP contribution in [-0.4, -0.2) is 89.7 Å². The number of benzene rings is 1. The fourth-order valence-electron chi connectivity index (χ4n) is 7.15. The molecule has 248 valence electrons. The molecule has 2 heterocycles. The van der Waals surface area contributed by atoms with Gasteiger partial charge in [-0.25, -0.2) is 4.79 Å². The molecule has 2 aliphatic heterocycles. The van der Waals surface area contributed by atoms with Crippen LogP contribution in [0.4, 0.5) is 0 Å². The zero-order chi connectivity index (χ0) is 32.8. The van der Waals surface area contributed by atoms with E-state index in [1.165, 1.54) is 5.56 Å². The normalized spacial score (nSPS) is 23.8. The molecule has 45 heavy (non-hydrogen) atoms. The average Bonchev–Trinajstić information content (AvgIpc) is 3.51. The first kappa shape index (κ1) is 34.7. The van der Waals surface area contributed by atoms with E-state index in [2.05, 4.69) is 16.3 Å². The van der Waals surface area contributed by atoms with Gasteiger partial charge in [0.1, 0.15) is 18.2 Å². The molecule has 5 atom stereocenters. The second-order valence-corrected chi connectivity index (χ2v) is 13.9. The van der Waals surface area contributed by atoms with Crippen LogP contribution in [0.2, 0.25) is 0 Å². The number of carbonyl (C=O) groups excluding carboxylic acids is 4. The Morgan fingerprint density at radius 2 is 1.64 bits per heavy atom. The number of carbonyl (C=O) groups is 4. The van der Waals surface area contributed by atoms with Crippen molar-refractivity contribution in [3.63, 3.8) is 0 Å². The van der Waals surface area contributed by atoms with E-state index < -0.39 is 12.1 Å². The highest BCUT2D eigenvalue weighted by Gasteiger charge is 2.39. The van der Waals surface area contributed by atoms with Gasteiger partial charge in [0.05, 0.1) is 12.1 Å². The van der Waals surface area contributed by atoms with E-state index in [9.17, 15) is 19.2 Å². The lowest BCUT2D eigenvalue weighted by Gasteiger charge is -2.36. The fraction of sp³-hybridized carbons (Fsp3) is 0.667. The minimum Gasteiger partial charge on any atom is -0.456 e. The number of hydrogen-bond acceptors (Lipinski definition) is 6. The summed E-state index contributed by atoms with van der Waals surface area (Å²) in [4.78, 5) is 59.7. The maximum absolute atomic E-state index is 13.9. The molecule has 9 heteroatoms. The highest BCUT2D eigenvalue weighted by molar-refractivity contribution is 5.96. The van der Waals surface area contributed by atoms with Gasteiger partial charge < -0.3 is 19.9 Å². The third-order valence-electron chi connectivity index (χ3n) is 9.90. The summed E-state index contributed by atoms with van der Waals surface area (Å²) in [5.74, 6) is -0.932. The number of amides is 3. The predicted octanol–water partition coefficient (Wildman–Crippen LogP) is 4.65. The van der Waals surface area contributed by atoms with Gasteiger partial charge in [0.25, 0.3) is 0 Å². The number of nitrogens with one attached hydrogen (secondary N) is 1. The minimum atomic E-state index is -0.675. The van der Waals surface area contributed by atoms with E-state index in [4.69, 9.17) is 4.74 Å². The fourth-order valence-corrected chi connectivity index (χ4v) is 7.15. The lowest BCUT2D eigenvalue weighted by molar-refractivity contribution is -0.158. The van der Waals surface area contributed by atoms with Crippen molar-refractivity contribution in [2.45, 2.75) is 116 Å². The Kier molecular flexibility index (Phi) is 11.9. The molecule has 2 saturated heterocycles. The van der Waals surface area contributed by atoms with Crippen molar-refractivity contribution in [1.29, 1.82) is 0 Å². The largest absolute Gasteiger partial charge is 0.456 e. The van der Waals surface area contributed by atoms with Crippen molar-refractivity contribution in [2.75, 3.05) is 27.2 Å². The summed E-state index contributed by atoms with van der Waals surface area (Å²) < 4.78 is 6.04. The molecule has 0 saturated carbocycles. The van der Waals surface area contributed by atoms with Gasteiger partial charge in [0, 0.05) is 19.2 Å². The molecule has 2 fully saturated rings. The van der Waals surface area contributed by atoms with Crippen LogP contribution in [0.25, 0.3) is 0 Å². The zero-order valence-corrected chi connectivity index (χ0v) is 28.4. The number of ether oxygens (including phenoxy) is 1. The first-order chi connectivity index (χ1) is 21.4. The molecule has 0 aromatic heterocycles. The van der Waals surface area contributed by atoms with Gasteiger partial charge in [-0.15, -0.1) is 0 Å². The van der Waals surface area contributed by atoms with Gasteiger partial charge in [-0.1, -0.05) is 64.5 Å². The monoisotopic (exact) mass is 622 g/mol. The molecule has 3 aliphatic rings. The van der Waals surface area contributed by atoms with Gasteiger partial charge in [0.15, 0.2) is 0 Å². The Balaban J connectivity index is 1.44. The highest BCUT2D eigenvalue weighted by Crippen LogP contribution is 2.34. The maximum atomic E-state index is 13.9. The molecule has 1 N–H and O–H groups in total. The predicted molar refractivity (Wildman–Crippen MR) is 175 cm³/mol. The molecule has 1 aromatic carbocycles. The molecule has 0 spiro atoms. The first-order valence-corrected chi connectivity index (χ1v) is 17.0. The number of rotatable bonds is 10. The second kappa shape index (κ2) is 15.4. The highest BCUT2D eigenvalue weighted by atomic mass is 16.5. The molecular weight excluding hydrogens is 568 g/mol. The number of piperidine rings is 1. The summed E-state index contributed by atoms with van der Waals surface area (Å²) in [5, 5.41) is 3.05. The molecule has 3 amide bonds. The Bertz CT molecular complexity index is 1260. The van der Waals surface area contributed by atoms with Gasteiger partial charge in [-0.3, -0.25) is 19.3 Å². The van der Waals surface area contributed by atoms with Crippen LogP contribution in [0.1, 0.15) is 96.8 Å². The zero-order valence-electron chi connectivity index (χ0n) is 28.4. The van der Waals surface area contributed by atoms with Crippen molar-refractivity contribution in [3.8, 4) is 0 Å². The maximum Gasteiger partial charge on any atom is 0.329 e. The summed E-state index contributed by atoms with van der Waals surface area (Å²) in [7, 11) is 3.70. The average molecular weight is 623 g/mol. The number of hydrogen-bond donors (Lipinski definition) is 1. The Hall–Kier alpha value is -3.20. The number of aryl methyl sites for hydroxylation is 1. The second-order valence-electron chi connectivity index (χ2n) is 13.9. The number of likely N-dealkylation sites (tertiary alicyclic amines) is 2. The van der Waals surface area contributed by atoms with Crippen molar-refractivity contribution in [2.24, 2.45) is 11.8 Å². The number of fused-ring (bicyclic) bond motifs is 1. The Morgan fingerprint density at radius 3 is 2.33 bits per heavy atom. The molecule has 1 unspecified atom stereocenters. The SMILES string of the molecule is C/C(=C\[C@H](C(C)C)N(C)C(=O)[C@@H](NC(=O)[C@H]1CCCCN1C)C(C)C)C(=O)N1CCC[C@H]1C(=O)OC1CCCc2ccccc21. The van der Waals surface area contributed by atoms with E-state index in [0.717, 1.165) is 57.1 Å². The summed E-state index contributed by atoms with van der Waals surface area (Å²) in [6, 6.07) is 6.22. The van der Waals surface area contributed by atoms with E-state index in [1.54, 1.807) is 23.8 Å². The van der Waals surface area contributed by atoms with Crippen LogP contribution in [0.5, 0.6) is 0 Å². The van der Waals surface area contributed by atoms with E-state index in [1.807, 2.05) is 59.0 Å². The molecule has 1 aromatic rings. The third kappa shape index (κ3) is 8.15. The van der Waals surface area contributed by atoms with Crippen LogP contribution in [0.3, 0.4) is 0 Å². The van der Waals surface area contributed by atoms with Crippen LogP contribution in [0, 0.1) is 11.8 Å². The smallest absolute Gasteiger partial charge is 0.329 e. The van der Waals surface area contributed by atoms with Gasteiger partial charge >= 0.3 is 5.97 Å².